The summed E-state index contributed by atoms with van der Waals surface area (Å²) in [6.07, 6.45) is 1.52. The molecule has 3 aromatic rings. The van der Waals surface area contributed by atoms with Crippen LogP contribution < -0.4 is 21.3 Å². The van der Waals surface area contributed by atoms with Gasteiger partial charge in [-0.3, -0.25) is 24.5 Å². The van der Waals surface area contributed by atoms with Crippen molar-refractivity contribution >= 4 is 29.4 Å². The molecule has 9 heteroatoms. The number of anilines is 1. The molecule has 228 valence electrons. The highest BCUT2D eigenvalue weighted by Crippen LogP contribution is 2.12. The van der Waals surface area contributed by atoms with Gasteiger partial charge in [0.05, 0.1) is 12.5 Å². The van der Waals surface area contributed by atoms with Gasteiger partial charge in [-0.15, -0.1) is 0 Å². The van der Waals surface area contributed by atoms with Crippen LogP contribution in [0.2, 0.25) is 0 Å². The summed E-state index contributed by atoms with van der Waals surface area (Å²) in [4.78, 5) is 51.4. The number of hydrogen-bond donors (Lipinski definition) is 5. The highest BCUT2D eigenvalue weighted by molar-refractivity contribution is 5.98. The van der Waals surface area contributed by atoms with Crippen LogP contribution in [0, 0.1) is 5.92 Å². The maximum atomic E-state index is 13.6. The van der Waals surface area contributed by atoms with Crippen LogP contribution in [0.1, 0.15) is 44.2 Å². The maximum Gasteiger partial charge on any atom is 0.320 e. The fraction of sp³-hybridized carbons (Fsp3) is 0.353. The number of nitrogens with one attached hydrogen (secondary N) is 4. The van der Waals surface area contributed by atoms with Crippen molar-refractivity contribution in [3.05, 3.63) is 102 Å². The smallest absolute Gasteiger partial charge is 0.320 e. The lowest BCUT2D eigenvalue weighted by molar-refractivity contribution is -0.140. The first-order valence-corrected chi connectivity index (χ1v) is 14.7. The van der Waals surface area contributed by atoms with Gasteiger partial charge in [0.15, 0.2) is 0 Å². The Morgan fingerprint density at radius 3 is 1.86 bits per heavy atom. The molecule has 9 nitrogen and oxygen atoms in total. The highest BCUT2D eigenvalue weighted by atomic mass is 16.4. The Morgan fingerprint density at radius 1 is 0.698 bits per heavy atom. The monoisotopic (exact) mass is 586 g/mol. The molecule has 3 aromatic carbocycles. The number of benzene rings is 3. The summed E-state index contributed by atoms with van der Waals surface area (Å²) in [6.45, 7) is 4.05. The van der Waals surface area contributed by atoms with Crippen molar-refractivity contribution in [2.75, 3.05) is 11.9 Å². The maximum absolute atomic E-state index is 13.6. The molecule has 0 fully saturated rings. The van der Waals surface area contributed by atoms with E-state index >= 15 is 0 Å². The van der Waals surface area contributed by atoms with Crippen molar-refractivity contribution in [1.29, 1.82) is 0 Å². The Balaban J connectivity index is 1.68. The van der Waals surface area contributed by atoms with Gasteiger partial charge in [-0.1, -0.05) is 92.7 Å². The molecule has 0 spiro atoms. The molecule has 43 heavy (non-hydrogen) atoms. The zero-order valence-corrected chi connectivity index (χ0v) is 24.8. The third-order valence-electron chi connectivity index (χ3n) is 6.93. The molecule has 0 saturated heterocycles. The van der Waals surface area contributed by atoms with Gasteiger partial charge in [-0.05, 0) is 54.9 Å². The minimum Gasteiger partial charge on any atom is -0.480 e. The number of para-hydroxylation sites is 1. The van der Waals surface area contributed by atoms with Crippen LogP contribution in [0.5, 0.6) is 0 Å². The molecule has 0 aliphatic heterocycles. The van der Waals surface area contributed by atoms with Crippen molar-refractivity contribution in [2.24, 2.45) is 5.92 Å². The molecule has 3 atom stereocenters. The van der Waals surface area contributed by atoms with Gasteiger partial charge in [-0.2, -0.15) is 0 Å². The van der Waals surface area contributed by atoms with E-state index in [1.807, 2.05) is 92.7 Å². The van der Waals surface area contributed by atoms with Gasteiger partial charge in [0.1, 0.15) is 12.1 Å². The normalized spacial score (nSPS) is 13.0. The fourth-order valence-electron chi connectivity index (χ4n) is 4.69. The van der Waals surface area contributed by atoms with Crippen LogP contribution in [0.15, 0.2) is 91.0 Å². The second-order valence-corrected chi connectivity index (χ2v) is 11.0. The molecule has 0 aliphatic rings. The van der Waals surface area contributed by atoms with Crippen LogP contribution in [-0.4, -0.2) is 53.5 Å². The third-order valence-corrected chi connectivity index (χ3v) is 6.93. The summed E-state index contributed by atoms with van der Waals surface area (Å²) in [6, 6.07) is 25.1. The summed E-state index contributed by atoms with van der Waals surface area (Å²) in [7, 11) is 0. The Kier molecular flexibility index (Phi) is 13.4. The van der Waals surface area contributed by atoms with E-state index in [1.165, 1.54) is 0 Å². The van der Waals surface area contributed by atoms with Crippen LogP contribution in [0.25, 0.3) is 0 Å². The molecular weight excluding hydrogens is 544 g/mol. The number of aryl methyl sites for hydroxylation is 1. The van der Waals surface area contributed by atoms with Crippen LogP contribution >= 0.6 is 0 Å². The number of carbonyl (C=O) groups is 4. The SMILES string of the molecule is CC(C)C[C@H](NC(=O)[C@H](CCc1ccccc1)N[C@H](CCNC(=O)Cc1ccccc1)C(=O)O)C(=O)Nc1ccccc1. The zero-order valence-electron chi connectivity index (χ0n) is 24.8. The van der Waals surface area contributed by atoms with E-state index in [4.69, 9.17) is 0 Å². The lowest BCUT2D eigenvalue weighted by Gasteiger charge is -2.26. The predicted molar refractivity (Wildman–Crippen MR) is 167 cm³/mol. The number of carboxylic acid groups (broad SMARTS) is 1. The second-order valence-electron chi connectivity index (χ2n) is 11.0. The van der Waals surface area contributed by atoms with Crippen LogP contribution in [0.3, 0.4) is 0 Å². The van der Waals surface area contributed by atoms with E-state index < -0.39 is 30.0 Å². The third kappa shape index (κ3) is 12.1. The summed E-state index contributed by atoms with van der Waals surface area (Å²) < 4.78 is 0. The molecule has 0 saturated carbocycles. The van der Waals surface area contributed by atoms with Crippen molar-refractivity contribution < 1.29 is 24.3 Å². The average molecular weight is 587 g/mol. The second kappa shape index (κ2) is 17.5. The van der Waals surface area contributed by atoms with E-state index in [1.54, 1.807) is 12.1 Å². The van der Waals surface area contributed by atoms with E-state index in [9.17, 15) is 24.3 Å². The topological polar surface area (TPSA) is 137 Å². The summed E-state index contributed by atoms with van der Waals surface area (Å²) >= 11 is 0. The van der Waals surface area contributed by atoms with Crippen molar-refractivity contribution in [2.45, 2.75) is 64.1 Å². The molecule has 3 amide bonds. The summed E-state index contributed by atoms with van der Waals surface area (Å²) in [5.41, 5.74) is 2.48. The number of rotatable bonds is 17. The highest BCUT2D eigenvalue weighted by Gasteiger charge is 2.30. The van der Waals surface area contributed by atoms with Gasteiger partial charge in [-0.25, -0.2) is 0 Å². The predicted octanol–water partition coefficient (Wildman–Crippen LogP) is 3.95. The van der Waals surface area contributed by atoms with E-state index in [0.29, 0.717) is 24.9 Å². The fourth-order valence-corrected chi connectivity index (χ4v) is 4.69. The summed E-state index contributed by atoms with van der Waals surface area (Å²) in [5.74, 6) is -2.02. The largest absolute Gasteiger partial charge is 0.480 e. The van der Waals surface area contributed by atoms with E-state index in [-0.39, 0.29) is 37.1 Å². The lowest BCUT2D eigenvalue weighted by Crippen LogP contribution is -2.55. The first-order chi connectivity index (χ1) is 20.7. The van der Waals surface area contributed by atoms with Crippen LogP contribution in [-0.2, 0) is 32.0 Å². The van der Waals surface area contributed by atoms with Gasteiger partial charge >= 0.3 is 5.97 Å². The Hall–Kier alpha value is -4.50. The van der Waals surface area contributed by atoms with Gasteiger partial charge in [0.2, 0.25) is 17.7 Å². The Morgan fingerprint density at radius 2 is 1.28 bits per heavy atom. The first-order valence-electron chi connectivity index (χ1n) is 14.7. The van der Waals surface area contributed by atoms with Gasteiger partial charge in [0, 0.05) is 12.2 Å². The number of carbonyl (C=O) groups excluding carboxylic acids is 3. The van der Waals surface area contributed by atoms with Gasteiger partial charge in [0.25, 0.3) is 0 Å². The molecule has 0 aliphatic carbocycles. The first kappa shape index (κ1) is 33.0. The van der Waals surface area contributed by atoms with Crippen LogP contribution in [0.4, 0.5) is 5.69 Å². The van der Waals surface area contributed by atoms with Crippen molar-refractivity contribution in [3.63, 3.8) is 0 Å². The minimum absolute atomic E-state index is 0.0783. The van der Waals surface area contributed by atoms with E-state index in [0.717, 1.165) is 11.1 Å². The number of hydrogen-bond acceptors (Lipinski definition) is 5. The summed E-state index contributed by atoms with van der Waals surface area (Å²) in [5, 5.41) is 21.5. The Bertz CT molecular complexity index is 1300. The molecule has 0 aromatic heterocycles. The zero-order chi connectivity index (χ0) is 31.0. The van der Waals surface area contributed by atoms with Gasteiger partial charge < -0.3 is 21.1 Å². The molecule has 0 unspecified atom stereocenters. The quantitative estimate of drug-likeness (QED) is 0.163. The van der Waals surface area contributed by atoms with Crippen molar-refractivity contribution in [1.82, 2.24) is 16.0 Å². The Labute approximate surface area is 253 Å². The van der Waals surface area contributed by atoms with E-state index in [2.05, 4.69) is 21.3 Å². The number of aliphatic carboxylic acids is 1. The molecule has 0 radical (unpaired) electrons. The minimum atomic E-state index is -1.13. The van der Waals surface area contributed by atoms with Crippen molar-refractivity contribution in [3.8, 4) is 0 Å². The molecule has 0 heterocycles. The molecular formula is C34H42N4O5. The standard InChI is InChI=1S/C34H42N4O5/c1-24(2)22-30(33(41)36-27-16-10-5-11-17-27)38-32(40)28(19-18-25-12-6-3-7-13-25)37-29(34(42)43)20-21-35-31(39)23-26-14-8-4-9-15-26/h3-17,24,28-30,37H,18-23H2,1-2H3,(H,35,39)(H,36,41)(H,38,40)(H,42,43)/t28-,29+,30-/m0/s1. The number of carboxylic acids is 1. The molecule has 5 N–H and O–H groups in total. The number of amides is 3. The lowest BCUT2D eigenvalue weighted by atomic mass is 10.00. The molecule has 0 bridgehead atoms. The average Bonchev–Trinajstić information content (AvgIpc) is 2.99. The molecule has 3 rings (SSSR count).